The molecular weight excluding hydrogens is 360 g/mol. The van der Waals surface area contributed by atoms with Gasteiger partial charge in [0.15, 0.2) is 0 Å². The van der Waals surface area contributed by atoms with Crippen molar-refractivity contribution in [3.63, 3.8) is 0 Å². The lowest BCUT2D eigenvalue weighted by molar-refractivity contribution is -0.134. The molecule has 0 heteroatoms. The van der Waals surface area contributed by atoms with Crippen LogP contribution in [0.5, 0.6) is 0 Å². The van der Waals surface area contributed by atoms with Gasteiger partial charge in [0.05, 0.1) is 0 Å². The fourth-order valence-electron chi connectivity index (χ4n) is 11.3. The summed E-state index contributed by atoms with van der Waals surface area (Å²) in [6.45, 7) is 5.12. The lowest BCUT2D eigenvalue weighted by Gasteiger charge is -2.62. The van der Waals surface area contributed by atoms with Gasteiger partial charge in [0.1, 0.15) is 0 Å². The third-order valence-electron chi connectivity index (χ3n) is 12.3. The Morgan fingerprint density at radius 2 is 0.767 bits per heavy atom. The summed E-state index contributed by atoms with van der Waals surface area (Å²) in [4.78, 5) is 0. The van der Waals surface area contributed by atoms with Crippen LogP contribution in [0, 0.1) is 71.0 Å². The van der Waals surface area contributed by atoms with E-state index in [4.69, 9.17) is 0 Å². The molecule has 0 aromatic rings. The van der Waals surface area contributed by atoms with Gasteiger partial charge in [0.2, 0.25) is 0 Å². The van der Waals surface area contributed by atoms with Crippen molar-refractivity contribution in [2.24, 2.45) is 71.0 Å². The third-order valence-corrected chi connectivity index (χ3v) is 12.3. The lowest BCUT2D eigenvalue weighted by Crippen LogP contribution is -2.55. The van der Waals surface area contributed by atoms with Gasteiger partial charge in [-0.25, -0.2) is 0 Å². The van der Waals surface area contributed by atoms with E-state index in [-0.39, 0.29) is 0 Å². The number of hydrogen-bond acceptors (Lipinski definition) is 0. The Labute approximate surface area is 187 Å². The molecule has 0 amide bonds. The number of hydrogen-bond donors (Lipinski definition) is 0. The standard InChI is InChI=1S/C30H50/c1-19-5-3-7-23(17-19)25-13-9-21-12-16-28-26(24-8-4-6-20(2)18-24)14-10-22-11-15-27(25)29(21)30(22)28/h19-30H,3-18H2,1-2H3. The second kappa shape index (κ2) is 8.41. The summed E-state index contributed by atoms with van der Waals surface area (Å²) in [5, 5.41) is 0. The van der Waals surface area contributed by atoms with Gasteiger partial charge >= 0.3 is 0 Å². The van der Waals surface area contributed by atoms with E-state index >= 15 is 0 Å². The molecule has 6 rings (SSSR count). The molecule has 170 valence electrons. The van der Waals surface area contributed by atoms with Gasteiger partial charge in [0, 0.05) is 0 Å². The van der Waals surface area contributed by atoms with Gasteiger partial charge in [-0.15, -0.1) is 0 Å². The highest BCUT2D eigenvalue weighted by molar-refractivity contribution is 5.06. The first-order valence-electron chi connectivity index (χ1n) is 14.7. The Bertz CT molecular complexity index is 541. The molecule has 30 heavy (non-hydrogen) atoms. The van der Waals surface area contributed by atoms with Crippen molar-refractivity contribution in [2.45, 2.75) is 117 Å². The lowest BCUT2D eigenvalue weighted by atomic mass is 9.43. The molecule has 0 nitrogen and oxygen atoms in total. The molecule has 0 aromatic carbocycles. The first-order chi connectivity index (χ1) is 14.7. The number of rotatable bonds is 2. The van der Waals surface area contributed by atoms with Crippen molar-refractivity contribution in [2.75, 3.05) is 0 Å². The summed E-state index contributed by atoms with van der Waals surface area (Å²) in [7, 11) is 0. The van der Waals surface area contributed by atoms with E-state index in [0.717, 1.165) is 59.2 Å². The van der Waals surface area contributed by atoms with E-state index < -0.39 is 0 Å². The largest absolute Gasteiger partial charge is 0.0625 e. The molecule has 12 unspecified atom stereocenters. The van der Waals surface area contributed by atoms with Crippen LogP contribution in [0.15, 0.2) is 0 Å². The molecular formula is C30H50. The fourth-order valence-corrected chi connectivity index (χ4v) is 11.3. The average molecular weight is 411 g/mol. The predicted octanol–water partition coefficient (Wildman–Crippen LogP) is 8.74. The summed E-state index contributed by atoms with van der Waals surface area (Å²) in [6, 6.07) is 0. The Balaban J connectivity index is 1.24. The molecule has 0 bridgehead atoms. The molecule has 6 aliphatic rings. The highest BCUT2D eigenvalue weighted by Crippen LogP contribution is 2.64. The first-order valence-corrected chi connectivity index (χ1v) is 14.7. The summed E-state index contributed by atoms with van der Waals surface area (Å²) in [5.41, 5.74) is 0. The highest BCUT2D eigenvalue weighted by atomic mass is 14.6. The zero-order chi connectivity index (χ0) is 20.2. The van der Waals surface area contributed by atoms with Crippen molar-refractivity contribution < 1.29 is 0 Å². The third kappa shape index (κ3) is 3.53. The molecule has 0 N–H and O–H groups in total. The molecule has 0 radical (unpaired) electrons. The monoisotopic (exact) mass is 410 g/mol. The normalized spacial score (nSPS) is 56.2. The van der Waals surface area contributed by atoms with Crippen LogP contribution in [-0.4, -0.2) is 0 Å². The van der Waals surface area contributed by atoms with Crippen LogP contribution in [0.4, 0.5) is 0 Å². The molecule has 0 saturated heterocycles. The Morgan fingerprint density at radius 1 is 0.367 bits per heavy atom. The van der Waals surface area contributed by atoms with Crippen LogP contribution in [0.25, 0.3) is 0 Å². The highest BCUT2D eigenvalue weighted by Gasteiger charge is 2.57. The summed E-state index contributed by atoms with van der Waals surface area (Å²) < 4.78 is 0. The van der Waals surface area contributed by atoms with Crippen LogP contribution in [0.1, 0.15) is 117 Å². The minimum atomic E-state index is 1.02. The predicted molar refractivity (Wildman–Crippen MR) is 127 cm³/mol. The van der Waals surface area contributed by atoms with E-state index in [2.05, 4.69) is 13.8 Å². The minimum absolute atomic E-state index is 1.02. The summed E-state index contributed by atoms with van der Waals surface area (Å²) >= 11 is 0. The second-order valence-electron chi connectivity index (χ2n) is 13.7. The summed E-state index contributed by atoms with van der Waals surface area (Å²) in [5.74, 6) is 13.4. The molecule has 6 aliphatic carbocycles. The van der Waals surface area contributed by atoms with Gasteiger partial charge in [-0.05, 0) is 135 Å². The van der Waals surface area contributed by atoms with Crippen molar-refractivity contribution in [3.8, 4) is 0 Å². The molecule has 6 saturated carbocycles. The van der Waals surface area contributed by atoms with Gasteiger partial charge in [-0.3, -0.25) is 0 Å². The van der Waals surface area contributed by atoms with E-state index in [1.54, 1.807) is 89.9 Å². The summed E-state index contributed by atoms with van der Waals surface area (Å²) in [6.07, 6.45) is 25.5. The fraction of sp³-hybridized carbons (Fsp3) is 1.00. The molecule has 0 spiro atoms. The van der Waals surface area contributed by atoms with E-state index in [0.29, 0.717) is 0 Å². The molecule has 6 fully saturated rings. The Kier molecular flexibility index (Phi) is 5.77. The van der Waals surface area contributed by atoms with E-state index in [1.165, 1.54) is 24.7 Å². The maximum Gasteiger partial charge on any atom is -0.0321 e. The maximum atomic E-state index is 2.56. The van der Waals surface area contributed by atoms with E-state index in [1.807, 2.05) is 0 Å². The second-order valence-corrected chi connectivity index (χ2v) is 13.7. The minimum Gasteiger partial charge on any atom is -0.0625 e. The van der Waals surface area contributed by atoms with Crippen molar-refractivity contribution in [3.05, 3.63) is 0 Å². The SMILES string of the molecule is CC1CCCC(C2CCC3CCC4C(C5CCCC(C)C5)CCC5CCC2C3C54)C1. The van der Waals surface area contributed by atoms with Gasteiger partial charge in [-0.1, -0.05) is 52.4 Å². The van der Waals surface area contributed by atoms with Gasteiger partial charge in [-0.2, -0.15) is 0 Å². The first kappa shape index (κ1) is 20.6. The van der Waals surface area contributed by atoms with Gasteiger partial charge < -0.3 is 0 Å². The zero-order valence-electron chi connectivity index (χ0n) is 20.2. The van der Waals surface area contributed by atoms with Crippen LogP contribution in [0.2, 0.25) is 0 Å². The van der Waals surface area contributed by atoms with Crippen molar-refractivity contribution in [1.29, 1.82) is 0 Å². The van der Waals surface area contributed by atoms with Crippen LogP contribution in [-0.2, 0) is 0 Å². The van der Waals surface area contributed by atoms with Crippen LogP contribution in [0.3, 0.4) is 0 Å². The smallest absolute Gasteiger partial charge is 0.0321 e. The van der Waals surface area contributed by atoms with Crippen LogP contribution >= 0.6 is 0 Å². The van der Waals surface area contributed by atoms with Crippen LogP contribution < -0.4 is 0 Å². The topological polar surface area (TPSA) is 0 Å². The maximum absolute atomic E-state index is 2.56. The molecule has 0 aliphatic heterocycles. The Morgan fingerprint density at radius 3 is 1.17 bits per heavy atom. The van der Waals surface area contributed by atoms with Crippen molar-refractivity contribution in [1.82, 2.24) is 0 Å². The van der Waals surface area contributed by atoms with Gasteiger partial charge in [0.25, 0.3) is 0 Å². The zero-order valence-corrected chi connectivity index (χ0v) is 20.2. The quantitative estimate of drug-likeness (QED) is 0.427. The molecule has 12 atom stereocenters. The molecule has 0 heterocycles. The van der Waals surface area contributed by atoms with Crippen molar-refractivity contribution >= 4 is 0 Å². The average Bonchev–Trinajstić information content (AvgIpc) is 2.77. The molecule has 0 aromatic heterocycles. The van der Waals surface area contributed by atoms with E-state index in [9.17, 15) is 0 Å². The Hall–Kier alpha value is 0.